The van der Waals surface area contributed by atoms with Gasteiger partial charge in [-0.3, -0.25) is 9.48 Å². The Morgan fingerprint density at radius 1 is 1.25 bits per heavy atom. The van der Waals surface area contributed by atoms with Crippen molar-refractivity contribution in [3.05, 3.63) is 40.5 Å². The number of likely N-dealkylation sites (N-methyl/N-ethyl adjacent to an activating group) is 1. The van der Waals surface area contributed by atoms with Crippen LogP contribution in [0.15, 0.2) is 30.5 Å². The molecule has 0 aliphatic carbocycles. The van der Waals surface area contributed by atoms with E-state index in [1.54, 1.807) is 56.2 Å². The van der Waals surface area contributed by atoms with E-state index in [0.29, 0.717) is 21.3 Å². The maximum Gasteiger partial charge on any atom is 0.246 e. The quantitative estimate of drug-likeness (QED) is 0.870. The van der Waals surface area contributed by atoms with E-state index in [1.165, 1.54) is 4.90 Å². The van der Waals surface area contributed by atoms with Crippen LogP contribution in [0.1, 0.15) is 13.0 Å². The molecule has 0 N–H and O–H groups in total. The molecule has 1 unspecified atom stereocenters. The molecule has 6 heteroatoms. The number of aromatic nitrogens is 2. The van der Waals surface area contributed by atoms with Crippen molar-refractivity contribution >= 4 is 29.1 Å². The first-order chi connectivity index (χ1) is 9.41. The number of rotatable bonds is 3. The Labute approximate surface area is 127 Å². The maximum atomic E-state index is 11.9. The number of halogens is 2. The number of carbonyl (C=O) groups is 1. The molecule has 0 aliphatic rings. The average molecular weight is 312 g/mol. The summed E-state index contributed by atoms with van der Waals surface area (Å²) in [6.07, 6.45) is 1.75. The van der Waals surface area contributed by atoms with Gasteiger partial charge in [0.25, 0.3) is 0 Å². The number of hydrogen-bond donors (Lipinski definition) is 0. The van der Waals surface area contributed by atoms with Gasteiger partial charge in [-0.05, 0) is 25.1 Å². The Bertz CT molecular complexity index is 617. The van der Waals surface area contributed by atoms with Gasteiger partial charge in [0.05, 0.1) is 15.7 Å². The van der Waals surface area contributed by atoms with Crippen LogP contribution in [0.25, 0.3) is 11.3 Å². The molecule has 1 aromatic carbocycles. The molecule has 1 atom stereocenters. The number of carbonyl (C=O) groups excluding carboxylic acids is 1. The number of nitrogens with zero attached hydrogens (tertiary/aromatic N) is 3. The first-order valence-electron chi connectivity index (χ1n) is 6.12. The maximum absolute atomic E-state index is 11.9. The highest BCUT2D eigenvalue weighted by atomic mass is 35.5. The third kappa shape index (κ3) is 2.81. The topological polar surface area (TPSA) is 38.1 Å². The molecule has 2 aromatic rings. The third-order valence-corrected chi connectivity index (χ3v) is 3.65. The van der Waals surface area contributed by atoms with Gasteiger partial charge in [-0.2, -0.15) is 5.10 Å². The minimum atomic E-state index is -0.375. The van der Waals surface area contributed by atoms with Gasteiger partial charge in [0.1, 0.15) is 6.04 Å². The molecule has 0 fully saturated rings. The zero-order valence-electron chi connectivity index (χ0n) is 11.5. The van der Waals surface area contributed by atoms with Gasteiger partial charge in [0, 0.05) is 25.9 Å². The van der Waals surface area contributed by atoms with Gasteiger partial charge >= 0.3 is 0 Å². The van der Waals surface area contributed by atoms with Crippen LogP contribution >= 0.6 is 23.2 Å². The molecule has 0 radical (unpaired) electrons. The zero-order valence-corrected chi connectivity index (χ0v) is 13.0. The van der Waals surface area contributed by atoms with E-state index in [2.05, 4.69) is 5.10 Å². The summed E-state index contributed by atoms with van der Waals surface area (Å²) < 4.78 is 1.61. The van der Waals surface area contributed by atoms with Gasteiger partial charge in [-0.1, -0.05) is 29.3 Å². The van der Waals surface area contributed by atoms with E-state index in [4.69, 9.17) is 23.2 Å². The van der Waals surface area contributed by atoms with E-state index < -0.39 is 0 Å². The van der Waals surface area contributed by atoms with E-state index in [0.717, 1.165) is 0 Å². The summed E-state index contributed by atoms with van der Waals surface area (Å²) in [5.41, 5.74) is 1.33. The van der Waals surface area contributed by atoms with Gasteiger partial charge < -0.3 is 4.90 Å². The standard InChI is InChI=1S/C14H15Cl2N3O/c1-9(14(20)18(2)3)19-8-7-12(17-19)13-10(15)5-4-6-11(13)16/h4-9H,1-3H3. The summed E-state index contributed by atoms with van der Waals surface area (Å²) in [7, 11) is 3.43. The Kier molecular flexibility index (Phi) is 4.35. The highest BCUT2D eigenvalue weighted by molar-refractivity contribution is 6.39. The SMILES string of the molecule is CC(C(=O)N(C)C)n1ccc(-c2c(Cl)cccc2Cl)n1. The molecule has 20 heavy (non-hydrogen) atoms. The van der Waals surface area contributed by atoms with E-state index in [-0.39, 0.29) is 11.9 Å². The fourth-order valence-electron chi connectivity index (χ4n) is 1.92. The summed E-state index contributed by atoms with van der Waals surface area (Å²) in [6, 6.07) is 6.72. The fraction of sp³-hybridized carbons (Fsp3) is 0.286. The van der Waals surface area contributed by atoms with E-state index in [9.17, 15) is 4.79 Å². The Hall–Kier alpha value is -1.52. The highest BCUT2D eigenvalue weighted by Gasteiger charge is 2.19. The summed E-state index contributed by atoms with van der Waals surface area (Å²) >= 11 is 12.3. The number of amides is 1. The molecule has 0 saturated carbocycles. The summed E-state index contributed by atoms with van der Waals surface area (Å²) in [5.74, 6) is -0.0232. The molecule has 0 aliphatic heterocycles. The molecule has 0 saturated heterocycles. The summed E-state index contributed by atoms with van der Waals surface area (Å²) in [6.45, 7) is 1.80. The second-order valence-electron chi connectivity index (χ2n) is 4.69. The lowest BCUT2D eigenvalue weighted by atomic mass is 10.1. The van der Waals surface area contributed by atoms with Gasteiger partial charge in [-0.15, -0.1) is 0 Å². The Morgan fingerprint density at radius 2 is 1.85 bits per heavy atom. The molecule has 1 amide bonds. The minimum Gasteiger partial charge on any atom is -0.347 e. The third-order valence-electron chi connectivity index (χ3n) is 3.02. The molecular formula is C14H15Cl2N3O. The lowest BCUT2D eigenvalue weighted by molar-refractivity contribution is -0.131. The summed E-state index contributed by atoms with van der Waals surface area (Å²) in [4.78, 5) is 13.5. The zero-order chi connectivity index (χ0) is 14.9. The normalized spacial score (nSPS) is 12.2. The van der Waals surface area contributed by atoms with Crippen LogP contribution in [0.4, 0.5) is 0 Å². The molecule has 1 aromatic heterocycles. The van der Waals surface area contributed by atoms with Crippen LogP contribution in [0.3, 0.4) is 0 Å². The molecular weight excluding hydrogens is 297 g/mol. The lowest BCUT2D eigenvalue weighted by Crippen LogP contribution is -2.30. The molecule has 0 bridgehead atoms. The van der Waals surface area contributed by atoms with Gasteiger partial charge in [-0.25, -0.2) is 0 Å². The first kappa shape index (κ1) is 14.9. The second-order valence-corrected chi connectivity index (χ2v) is 5.50. The van der Waals surface area contributed by atoms with Crippen LogP contribution in [0.5, 0.6) is 0 Å². The number of benzene rings is 1. The molecule has 2 rings (SSSR count). The van der Waals surface area contributed by atoms with Crippen LogP contribution in [-0.4, -0.2) is 34.7 Å². The van der Waals surface area contributed by atoms with Gasteiger partial charge in [0.15, 0.2) is 0 Å². The molecule has 106 valence electrons. The molecule has 4 nitrogen and oxygen atoms in total. The molecule has 1 heterocycles. The Balaban J connectivity index is 2.37. The smallest absolute Gasteiger partial charge is 0.246 e. The van der Waals surface area contributed by atoms with Crippen molar-refractivity contribution in [2.75, 3.05) is 14.1 Å². The monoisotopic (exact) mass is 311 g/mol. The summed E-state index contributed by atoms with van der Waals surface area (Å²) in [5, 5.41) is 5.48. The highest BCUT2D eigenvalue weighted by Crippen LogP contribution is 2.33. The second kappa shape index (κ2) is 5.85. The van der Waals surface area contributed by atoms with Crippen molar-refractivity contribution in [1.29, 1.82) is 0 Å². The van der Waals surface area contributed by atoms with E-state index in [1.807, 2.05) is 0 Å². The van der Waals surface area contributed by atoms with Crippen molar-refractivity contribution in [2.24, 2.45) is 0 Å². The number of hydrogen-bond acceptors (Lipinski definition) is 2. The van der Waals surface area contributed by atoms with Crippen LogP contribution in [-0.2, 0) is 4.79 Å². The predicted molar refractivity (Wildman–Crippen MR) is 81.1 cm³/mol. The van der Waals surface area contributed by atoms with Crippen molar-refractivity contribution in [3.8, 4) is 11.3 Å². The first-order valence-corrected chi connectivity index (χ1v) is 6.88. The largest absolute Gasteiger partial charge is 0.347 e. The van der Waals surface area contributed by atoms with Gasteiger partial charge in [0.2, 0.25) is 5.91 Å². The van der Waals surface area contributed by atoms with E-state index >= 15 is 0 Å². The van der Waals surface area contributed by atoms with Crippen molar-refractivity contribution in [3.63, 3.8) is 0 Å². The lowest BCUT2D eigenvalue weighted by Gasteiger charge is -2.17. The van der Waals surface area contributed by atoms with Crippen molar-refractivity contribution < 1.29 is 4.79 Å². The molecule has 0 spiro atoms. The average Bonchev–Trinajstić information content (AvgIpc) is 2.86. The predicted octanol–water partition coefficient (Wildman–Crippen LogP) is 3.51. The van der Waals surface area contributed by atoms with Crippen molar-refractivity contribution in [2.45, 2.75) is 13.0 Å². The van der Waals surface area contributed by atoms with Crippen LogP contribution in [0, 0.1) is 0 Å². The fourth-order valence-corrected chi connectivity index (χ4v) is 2.51. The van der Waals surface area contributed by atoms with Crippen molar-refractivity contribution in [1.82, 2.24) is 14.7 Å². The van der Waals surface area contributed by atoms with Crippen LogP contribution in [0.2, 0.25) is 10.0 Å². The Morgan fingerprint density at radius 3 is 2.40 bits per heavy atom. The van der Waals surface area contributed by atoms with Crippen LogP contribution < -0.4 is 0 Å². The minimum absolute atomic E-state index is 0.0232.